The summed E-state index contributed by atoms with van der Waals surface area (Å²) in [5, 5.41) is 20.6. The van der Waals surface area contributed by atoms with Crippen molar-refractivity contribution in [3.8, 4) is 0 Å². The minimum Gasteiger partial charge on any atom is -0.366 e. The van der Waals surface area contributed by atoms with Gasteiger partial charge in [0.15, 0.2) is 5.79 Å². The van der Waals surface area contributed by atoms with Gasteiger partial charge in [0, 0.05) is 5.92 Å². The molecule has 0 spiro atoms. The molecule has 1 unspecified atom stereocenters. The van der Waals surface area contributed by atoms with Crippen LogP contribution in [0.5, 0.6) is 0 Å². The van der Waals surface area contributed by atoms with Crippen molar-refractivity contribution in [1.29, 1.82) is 0 Å². The highest BCUT2D eigenvalue weighted by molar-refractivity contribution is 5.10. The minimum absolute atomic E-state index is 0.0674. The molecule has 7 atom stereocenters. The minimum atomic E-state index is -1.50. The van der Waals surface area contributed by atoms with Crippen molar-refractivity contribution in [3.05, 3.63) is 0 Å². The van der Waals surface area contributed by atoms with Crippen molar-refractivity contribution in [2.45, 2.75) is 90.8 Å². The third-order valence-electron chi connectivity index (χ3n) is 9.24. The molecule has 23 heavy (non-hydrogen) atoms. The molecule has 0 bridgehead atoms. The Morgan fingerprint density at radius 1 is 0.783 bits per heavy atom. The van der Waals surface area contributed by atoms with Gasteiger partial charge in [-0.25, -0.2) is 0 Å². The van der Waals surface area contributed by atoms with Crippen LogP contribution in [0.3, 0.4) is 0 Å². The van der Waals surface area contributed by atoms with Gasteiger partial charge in [-0.1, -0.05) is 26.7 Å². The Kier molecular flexibility index (Phi) is 3.71. The van der Waals surface area contributed by atoms with Crippen LogP contribution in [-0.4, -0.2) is 16.0 Å². The molecule has 0 aromatic heterocycles. The van der Waals surface area contributed by atoms with Gasteiger partial charge in [-0.2, -0.15) is 0 Å². The van der Waals surface area contributed by atoms with E-state index in [0.29, 0.717) is 5.41 Å². The summed E-state index contributed by atoms with van der Waals surface area (Å²) in [6, 6.07) is 0. The number of hydrogen-bond donors (Lipinski definition) is 2. The lowest BCUT2D eigenvalue weighted by atomic mass is 9.44. The SMILES string of the molecule is CC(O)(O)[C@H]1CC[C@H]2[C@@H]3CCC4CCCC[C@]4(C)[C@H]3CC[C@]12C. The fourth-order valence-corrected chi connectivity index (χ4v) is 8.19. The summed E-state index contributed by atoms with van der Waals surface area (Å²) in [4.78, 5) is 0. The van der Waals surface area contributed by atoms with Gasteiger partial charge >= 0.3 is 0 Å². The average molecular weight is 321 g/mol. The lowest BCUT2D eigenvalue weighted by Gasteiger charge is -2.61. The van der Waals surface area contributed by atoms with E-state index in [1.54, 1.807) is 6.92 Å². The Balaban J connectivity index is 1.63. The molecule has 0 aromatic carbocycles. The summed E-state index contributed by atoms with van der Waals surface area (Å²) in [6.45, 7) is 6.62. The van der Waals surface area contributed by atoms with E-state index in [0.717, 1.165) is 30.1 Å². The van der Waals surface area contributed by atoms with E-state index in [-0.39, 0.29) is 11.3 Å². The van der Waals surface area contributed by atoms with Crippen molar-refractivity contribution in [3.63, 3.8) is 0 Å². The van der Waals surface area contributed by atoms with Gasteiger partial charge in [-0.05, 0) is 92.8 Å². The maximum absolute atomic E-state index is 10.3. The fraction of sp³-hybridized carbons (Fsp3) is 1.00. The first-order valence-corrected chi connectivity index (χ1v) is 10.2. The molecule has 4 rings (SSSR count). The Morgan fingerprint density at radius 2 is 1.52 bits per heavy atom. The van der Waals surface area contributed by atoms with E-state index in [2.05, 4.69) is 13.8 Å². The normalized spacial score (nSPS) is 53.3. The standard InChI is InChI=1S/C21H36O2/c1-19-12-5-4-6-14(19)7-8-15-16-9-10-18(21(3,22)23)20(16,2)13-11-17(15)19/h14-18,22-23H,4-13H2,1-3H3/t14?,15-,16-,17-,18-,19-,20-/m0/s1. The van der Waals surface area contributed by atoms with Gasteiger partial charge in [-0.15, -0.1) is 0 Å². The molecule has 2 heteroatoms. The molecule has 0 saturated heterocycles. The molecule has 4 aliphatic carbocycles. The number of rotatable bonds is 1. The monoisotopic (exact) mass is 320 g/mol. The van der Waals surface area contributed by atoms with Crippen molar-refractivity contribution >= 4 is 0 Å². The van der Waals surface area contributed by atoms with Gasteiger partial charge in [0.05, 0.1) is 0 Å². The average Bonchev–Trinajstić information content (AvgIpc) is 2.84. The fourth-order valence-electron chi connectivity index (χ4n) is 8.19. The van der Waals surface area contributed by atoms with Crippen molar-refractivity contribution in [2.24, 2.45) is 40.4 Å². The molecule has 0 heterocycles. The third kappa shape index (κ3) is 2.27. The molecule has 0 aromatic rings. The zero-order valence-corrected chi connectivity index (χ0v) is 15.4. The molecule has 2 N–H and O–H groups in total. The second-order valence-electron chi connectivity index (χ2n) is 10.2. The summed E-state index contributed by atoms with van der Waals surface area (Å²) < 4.78 is 0. The Morgan fingerprint density at radius 3 is 2.26 bits per heavy atom. The second kappa shape index (κ2) is 5.21. The maximum Gasteiger partial charge on any atom is 0.163 e. The molecule has 4 saturated carbocycles. The van der Waals surface area contributed by atoms with Gasteiger partial charge in [0.25, 0.3) is 0 Å². The first-order chi connectivity index (χ1) is 10.8. The van der Waals surface area contributed by atoms with Gasteiger partial charge < -0.3 is 10.2 Å². The van der Waals surface area contributed by atoms with Crippen LogP contribution in [0.2, 0.25) is 0 Å². The van der Waals surface area contributed by atoms with Crippen LogP contribution in [0.25, 0.3) is 0 Å². The maximum atomic E-state index is 10.3. The predicted molar refractivity (Wildman–Crippen MR) is 92.7 cm³/mol. The van der Waals surface area contributed by atoms with Crippen LogP contribution in [0.1, 0.15) is 85.0 Å². The first-order valence-electron chi connectivity index (χ1n) is 10.2. The second-order valence-corrected chi connectivity index (χ2v) is 10.2. The van der Waals surface area contributed by atoms with Crippen LogP contribution < -0.4 is 0 Å². The molecule has 4 aliphatic rings. The topological polar surface area (TPSA) is 40.5 Å². The Hall–Kier alpha value is -0.0800. The Bertz CT molecular complexity index is 467. The molecule has 0 radical (unpaired) electrons. The largest absolute Gasteiger partial charge is 0.366 e. The third-order valence-corrected chi connectivity index (χ3v) is 9.24. The molecule has 132 valence electrons. The van der Waals surface area contributed by atoms with E-state index in [9.17, 15) is 10.2 Å². The first kappa shape index (κ1) is 16.4. The van der Waals surface area contributed by atoms with Crippen LogP contribution >= 0.6 is 0 Å². The van der Waals surface area contributed by atoms with E-state index in [4.69, 9.17) is 0 Å². The molecule has 0 aliphatic heterocycles. The quantitative estimate of drug-likeness (QED) is 0.685. The zero-order chi connectivity index (χ0) is 16.5. The summed E-state index contributed by atoms with van der Waals surface area (Å²) in [7, 11) is 0. The lowest BCUT2D eigenvalue weighted by molar-refractivity contribution is -0.221. The van der Waals surface area contributed by atoms with Gasteiger partial charge in [-0.3, -0.25) is 0 Å². The lowest BCUT2D eigenvalue weighted by Crippen LogP contribution is -2.54. The molecular weight excluding hydrogens is 284 g/mol. The summed E-state index contributed by atoms with van der Waals surface area (Å²) >= 11 is 0. The van der Waals surface area contributed by atoms with Crippen LogP contribution in [0.4, 0.5) is 0 Å². The predicted octanol–water partition coefficient (Wildman–Crippen LogP) is 4.74. The highest BCUT2D eigenvalue weighted by atomic mass is 16.5. The van der Waals surface area contributed by atoms with Crippen LogP contribution in [-0.2, 0) is 0 Å². The van der Waals surface area contributed by atoms with Gasteiger partial charge in [0.2, 0.25) is 0 Å². The summed E-state index contributed by atoms with van der Waals surface area (Å²) in [5.74, 6) is 2.02. The molecule has 0 amide bonds. The van der Waals surface area contributed by atoms with Crippen LogP contribution in [0.15, 0.2) is 0 Å². The van der Waals surface area contributed by atoms with Crippen molar-refractivity contribution < 1.29 is 10.2 Å². The summed E-state index contributed by atoms with van der Waals surface area (Å²) in [5.41, 5.74) is 0.736. The van der Waals surface area contributed by atoms with Crippen LogP contribution in [0, 0.1) is 40.4 Å². The van der Waals surface area contributed by atoms with E-state index >= 15 is 0 Å². The number of hydrogen-bond acceptors (Lipinski definition) is 2. The van der Waals surface area contributed by atoms with E-state index in [1.807, 2.05) is 0 Å². The van der Waals surface area contributed by atoms with E-state index in [1.165, 1.54) is 57.8 Å². The smallest absolute Gasteiger partial charge is 0.163 e. The molecular formula is C21H36O2. The number of fused-ring (bicyclic) bond motifs is 5. The van der Waals surface area contributed by atoms with Crippen molar-refractivity contribution in [1.82, 2.24) is 0 Å². The Labute approximate surface area is 142 Å². The highest BCUT2D eigenvalue weighted by Crippen LogP contribution is 2.68. The van der Waals surface area contributed by atoms with Gasteiger partial charge in [0.1, 0.15) is 0 Å². The summed E-state index contributed by atoms with van der Waals surface area (Å²) in [6.07, 6.45) is 13.4. The van der Waals surface area contributed by atoms with Crippen molar-refractivity contribution in [2.75, 3.05) is 0 Å². The van der Waals surface area contributed by atoms with E-state index < -0.39 is 5.79 Å². The zero-order valence-electron chi connectivity index (χ0n) is 15.4. The molecule has 4 fully saturated rings. The molecule has 2 nitrogen and oxygen atoms in total. The highest BCUT2D eigenvalue weighted by Gasteiger charge is 2.61. The number of aliphatic hydroxyl groups is 2.